The Morgan fingerprint density at radius 1 is 0.962 bits per heavy atom. The fraction of sp³-hybridized carbons (Fsp3) is 0.111. The second-order valence-electron chi connectivity index (χ2n) is 5.54. The summed E-state index contributed by atoms with van der Waals surface area (Å²) >= 11 is 1.05. The van der Waals surface area contributed by atoms with E-state index in [2.05, 4.69) is 25.5 Å². The molecule has 1 heterocycles. The highest BCUT2D eigenvalue weighted by Crippen LogP contribution is 2.17. The molecule has 1 atom stereocenters. The molecule has 3 rings (SSSR count). The maximum absolute atomic E-state index is 12.0. The normalized spacial score (nSPS) is 11.4. The Hall–Kier alpha value is -3.26. The molecule has 0 radical (unpaired) electrons. The van der Waals surface area contributed by atoms with Crippen molar-refractivity contribution in [3.8, 4) is 0 Å². The van der Waals surface area contributed by atoms with Crippen molar-refractivity contribution in [3.05, 3.63) is 71.2 Å². The predicted octanol–water partition coefficient (Wildman–Crippen LogP) is 3.67. The summed E-state index contributed by atoms with van der Waals surface area (Å²) < 4.78 is 3.68. The molecule has 3 aromatic rings. The number of anilines is 2. The van der Waals surface area contributed by atoms with Crippen LogP contribution in [0.25, 0.3) is 0 Å². The lowest BCUT2D eigenvalue weighted by atomic mass is 10.1. The van der Waals surface area contributed by atoms with E-state index in [0.717, 1.165) is 22.8 Å². The molecule has 0 fully saturated rings. The van der Waals surface area contributed by atoms with E-state index in [1.807, 2.05) is 49.4 Å². The minimum Gasteiger partial charge on any atom is -0.345 e. The topological polar surface area (TPSA) is 96.0 Å². The second kappa shape index (κ2) is 8.21. The van der Waals surface area contributed by atoms with Gasteiger partial charge in [-0.1, -0.05) is 34.8 Å². The lowest BCUT2D eigenvalue weighted by Gasteiger charge is -2.14. The maximum atomic E-state index is 12.0. The first-order chi connectivity index (χ1) is 12.6. The van der Waals surface area contributed by atoms with Gasteiger partial charge in [-0.3, -0.25) is 4.79 Å². The molecule has 1 aromatic heterocycles. The summed E-state index contributed by atoms with van der Waals surface area (Å²) in [6, 6.07) is 16.0. The third-order valence-electron chi connectivity index (χ3n) is 3.63. The zero-order chi connectivity index (χ0) is 18.4. The number of rotatable bonds is 5. The average molecular weight is 367 g/mol. The van der Waals surface area contributed by atoms with Crippen LogP contribution >= 0.6 is 11.5 Å². The van der Waals surface area contributed by atoms with E-state index >= 15 is 0 Å². The molecule has 132 valence electrons. The van der Waals surface area contributed by atoms with Crippen molar-refractivity contribution >= 4 is 34.8 Å². The highest BCUT2D eigenvalue weighted by Gasteiger charge is 2.13. The molecule has 0 saturated carbocycles. The van der Waals surface area contributed by atoms with Crippen LogP contribution in [-0.2, 0) is 0 Å². The standard InChI is InChI=1S/C18H17N5O2S/c1-12(20-17(24)16-11-19-23-26-16)13-7-9-15(10-8-13)22-18(25)21-14-5-3-2-4-6-14/h2-12H,1H3,(H,20,24)(H2,21,22,25). The number of benzene rings is 2. The van der Waals surface area contributed by atoms with E-state index in [1.165, 1.54) is 6.20 Å². The van der Waals surface area contributed by atoms with Gasteiger partial charge >= 0.3 is 6.03 Å². The van der Waals surface area contributed by atoms with Crippen LogP contribution in [-0.4, -0.2) is 21.5 Å². The molecule has 7 nitrogen and oxygen atoms in total. The molecule has 0 aliphatic carbocycles. The van der Waals surface area contributed by atoms with Crippen molar-refractivity contribution < 1.29 is 9.59 Å². The molecule has 0 aliphatic heterocycles. The van der Waals surface area contributed by atoms with E-state index < -0.39 is 0 Å². The van der Waals surface area contributed by atoms with Crippen LogP contribution in [0.15, 0.2) is 60.8 Å². The number of hydrogen-bond acceptors (Lipinski definition) is 5. The molecule has 0 saturated heterocycles. The summed E-state index contributed by atoms with van der Waals surface area (Å²) in [6.07, 6.45) is 1.44. The third-order valence-corrected chi connectivity index (χ3v) is 4.30. The zero-order valence-electron chi connectivity index (χ0n) is 14.0. The number of nitrogens with one attached hydrogen (secondary N) is 3. The number of nitrogens with zero attached hydrogens (tertiary/aromatic N) is 2. The average Bonchev–Trinajstić information content (AvgIpc) is 3.18. The molecule has 0 aliphatic rings. The van der Waals surface area contributed by atoms with Crippen LogP contribution in [0.1, 0.15) is 28.2 Å². The fourth-order valence-electron chi connectivity index (χ4n) is 2.29. The first-order valence-electron chi connectivity index (χ1n) is 7.93. The van der Waals surface area contributed by atoms with E-state index in [9.17, 15) is 9.59 Å². The Morgan fingerprint density at radius 2 is 1.62 bits per heavy atom. The summed E-state index contributed by atoms with van der Waals surface area (Å²) in [5.41, 5.74) is 2.30. The van der Waals surface area contributed by atoms with Crippen molar-refractivity contribution in [2.75, 3.05) is 10.6 Å². The van der Waals surface area contributed by atoms with Gasteiger partial charge in [0.1, 0.15) is 4.88 Å². The first kappa shape index (κ1) is 17.6. The van der Waals surface area contributed by atoms with Crippen LogP contribution < -0.4 is 16.0 Å². The summed E-state index contributed by atoms with van der Waals surface area (Å²) in [6.45, 7) is 1.89. The van der Waals surface area contributed by atoms with Gasteiger partial charge in [-0.25, -0.2) is 4.79 Å². The molecule has 0 spiro atoms. The van der Waals surface area contributed by atoms with Gasteiger partial charge in [0.25, 0.3) is 5.91 Å². The van der Waals surface area contributed by atoms with Gasteiger partial charge < -0.3 is 16.0 Å². The summed E-state index contributed by atoms with van der Waals surface area (Å²) in [7, 11) is 0. The van der Waals surface area contributed by atoms with E-state index in [-0.39, 0.29) is 18.0 Å². The second-order valence-corrected chi connectivity index (χ2v) is 6.33. The number of carbonyl (C=O) groups excluding carboxylic acids is 2. The number of urea groups is 1. The SMILES string of the molecule is CC(NC(=O)c1cnns1)c1ccc(NC(=O)Nc2ccccc2)cc1. The van der Waals surface area contributed by atoms with Gasteiger partial charge in [0.05, 0.1) is 12.2 Å². The quantitative estimate of drug-likeness (QED) is 0.641. The fourth-order valence-corrected chi connectivity index (χ4v) is 2.71. The zero-order valence-corrected chi connectivity index (χ0v) is 14.8. The Labute approximate surface area is 154 Å². The lowest BCUT2D eigenvalue weighted by molar-refractivity contribution is 0.0944. The van der Waals surface area contributed by atoms with Gasteiger partial charge in [0.2, 0.25) is 0 Å². The Balaban J connectivity index is 1.56. The number of amides is 3. The number of carbonyl (C=O) groups is 2. The molecular weight excluding hydrogens is 350 g/mol. The largest absolute Gasteiger partial charge is 0.345 e. The number of aromatic nitrogens is 2. The molecule has 26 heavy (non-hydrogen) atoms. The van der Waals surface area contributed by atoms with Crippen LogP contribution in [0, 0.1) is 0 Å². The summed E-state index contributed by atoms with van der Waals surface area (Å²) in [5.74, 6) is -0.211. The van der Waals surface area contributed by atoms with E-state index in [0.29, 0.717) is 10.6 Å². The van der Waals surface area contributed by atoms with Gasteiger partial charge in [0, 0.05) is 11.4 Å². The minimum absolute atomic E-state index is 0.184. The van der Waals surface area contributed by atoms with Crippen LogP contribution in [0.5, 0.6) is 0 Å². The Kier molecular flexibility index (Phi) is 5.55. The summed E-state index contributed by atoms with van der Waals surface area (Å²) in [5, 5.41) is 12.1. The van der Waals surface area contributed by atoms with Crippen LogP contribution in [0.2, 0.25) is 0 Å². The predicted molar refractivity (Wildman–Crippen MR) is 101 cm³/mol. The van der Waals surface area contributed by atoms with E-state index in [1.54, 1.807) is 12.1 Å². The van der Waals surface area contributed by atoms with Gasteiger partial charge in [-0.05, 0) is 48.3 Å². The van der Waals surface area contributed by atoms with Gasteiger partial charge in [-0.15, -0.1) is 5.10 Å². The molecule has 2 aromatic carbocycles. The molecule has 0 bridgehead atoms. The molecule has 1 unspecified atom stereocenters. The molecule has 3 N–H and O–H groups in total. The van der Waals surface area contributed by atoms with Crippen molar-refractivity contribution in [2.45, 2.75) is 13.0 Å². The van der Waals surface area contributed by atoms with Gasteiger partial charge in [0.15, 0.2) is 0 Å². The molecule has 8 heteroatoms. The number of para-hydroxylation sites is 1. The lowest BCUT2D eigenvalue weighted by Crippen LogP contribution is -2.26. The number of hydrogen-bond donors (Lipinski definition) is 3. The van der Waals surface area contributed by atoms with Gasteiger partial charge in [-0.2, -0.15) is 0 Å². The monoisotopic (exact) mass is 367 g/mol. The minimum atomic E-state index is -0.317. The summed E-state index contributed by atoms with van der Waals surface area (Å²) in [4.78, 5) is 24.5. The Bertz CT molecular complexity index is 866. The van der Waals surface area contributed by atoms with Crippen molar-refractivity contribution in [1.29, 1.82) is 0 Å². The first-order valence-corrected chi connectivity index (χ1v) is 8.70. The Morgan fingerprint density at radius 3 is 2.23 bits per heavy atom. The van der Waals surface area contributed by atoms with Crippen molar-refractivity contribution in [1.82, 2.24) is 14.9 Å². The molecular formula is C18H17N5O2S. The highest BCUT2D eigenvalue weighted by atomic mass is 32.1. The van der Waals surface area contributed by atoms with E-state index in [4.69, 9.17) is 0 Å². The van der Waals surface area contributed by atoms with Crippen molar-refractivity contribution in [2.24, 2.45) is 0 Å². The van der Waals surface area contributed by atoms with Crippen LogP contribution in [0.4, 0.5) is 16.2 Å². The smallest absolute Gasteiger partial charge is 0.323 e. The van der Waals surface area contributed by atoms with Crippen LogP contribution in [0.3, 0.4) is 0 Å². The highest BCUT2D eigenvalue weighted by molar-refractivity contribution is 7.07. The molecule has 3 amide bonds. The third kappa shape index (κ3) is 4.64. The van der Waals surface area contributed by atoms with Crippen molar-refractivity contribution in [3.63, 3.8) is 0 Å². The maximum Gasteiger partial charge on any atom is 0.323 e.